The van der Waals surface area contributed by atoms with E-state index in [1.807, 2.05) is 0 Å². The number of carboxylic acids is 1. The maximum Gasteiger partial charge on any atom is 0.416 e. The minimum atomic E-state index is -4.43. The Morgan fingerprint density at radius 2 is 1.77 bits per heavy atom. The molecule has 0 aromatic heterocycles. The van der Waals surface area contributed by atoms with Crippen LogP contribution < -0.4 is 0 Å². The van der Waals surface area contributed by atoms with Crippen molar-refractivity contribution in [1.82, 2.24) is 4.90 Å². The van der Waals surface area contributed by atoms with Gasteiger partial charge in [0.25, 0.3) is 0 Å². The van der Waals surface area contributed by atoms with Crippen molar-refractivity contribution >= 4 is 11.9 Å². The molecule has 1 N–H and O–H groups in total. The zero-order chi connectivity index (χ0) is 18.7. The largest absolute Gasteiger partial charge is 0.481 e. The quantitative estimate of drug-likeness (QED) is 0.890. The van der Waals surface area contributed by atoms with Gasteiger partial charge in [-0.05, 0) is 49.1 Å². The van der Waals surface area contributed by atoms with E-state index in [9.17, 15) is 22.8 Å². The molecule has 4 nitrogen and oxygen atoms in total. The van der Waals surface area contributed by atoms with Gasteiger partial charge in [0.1, 0.15) is 0 Å². The van der Waals surface area contributed by atoms with Crippen LogP contribution >= 0.6 is 0 Å². The lowest BCUT2D eigenvalue weighted by Gasteiger charge is -2.35. The molecule has 1 unspecified atom stereocenters. The lowest BCUT2D eigenvalue weighted by atomic mass is 9.88. The number of hydrogen-bond donors (Lipinski definition) is 1. The number of rotatable bonds is 3. The molecule has 0 radical (unpaired) electrons. The van der Waals surface area contributed by atoms with Crippen molar-refractivity contribution in [2.24, 2.45) is 11.3 Å². The summed E-state index contributed by atoms with van der Waals surface area (Å²) < 4.78 is 38.9. The zero-order valence-electron chi connectivity index (χ0n) is 14.2. The standard InChI is InChI=1S/C19H20F3NO3/c20-19(21,22)13-3-1-2-12(10-13)18(4-5-18)16(26)23-8-6-17(7-9-23)11-14(17)15(24)25/h1-3,10,14H,4-9,11H2,(H,24,25). The Morgan fingerprint density at radius 3 is 2.27 bits per heavy atom. The predicted octanol–water partition coefficient (Wildman–Crippen LogP) is 3.45. The van der Waals surface area contributed by atoms with Crippen LogP contribution in [0.3, 0.4) is 0 Å². The number of likely N-dealkylation sites (tertiary alicyclic amines) is 1. The molecule has 1 aromatic carbocycles. The number of benzene rings is 1. The van der Waals surface area contributed by atoms with E-state index in [4.69, 9.17) is 5.11 Å². The molecule has 1 spiro atoms. The number of carbonyl (C=O) groups excluding carboxylic acids is 1. The van der Waals surface area contributed by atoms with Crippen molar-refractivity contribution in [3.63, 3.8) is 0 Å². The zero-order valence-corrected chi connectivity index (χ0v) is 14.2. The van der Waals surface area contributed by atoms with E-state index < -0.39 is 23.1 Å². The molecule has 1 aliphatic heterocycles. The van der Waals surface area contributed by atoms with Crippen molar-refractivity contribution in [3.8, 4) is 0 Å². The summed E-state index contributed by atoms with van der Waals surface area (Å²) >= 11 is 0. The van der Waals surface area contributed by atoms with Crippen molar-refractivity contribution < 1.29 is 27.9 Å². The number of piperidine rings is 1. The fourth-order valence-electron chi connectivity index (χ4n) is 4.45. The molecule has 140 valence electrons. The third-order valence-corrected chi connectivity index (χ3v) is 6.44. The maximum absolute atomic E-state index is 13.0. The van der Waals surface area contributed by atoms with Gasteiger partial charge >= 0.3 is 12.1 Å². The van der Waals surface area contributed by atoms with Crippen molar-refractivity contribution in [3.05, 3.63) is 35.4 Å². The summed E-state index contributed by atoms with van der Waals surface area (Å²) in [7, 11) is 0. The molecule has 1 saturated heterocycles. The summed E-state index contributed by atoms with van der Waals surface area (Å²) in [5, 5.41) is 9.15. The van der Waals surface area contributed by atoms with E-state index in [0.717, 1.165) is 12.1 Å². The van der Waals surface area contributed by atoms with E-state index in [0.29, 0.717) is 50.8 Å². The van der Waals surface area contributed by atoms with Gasteiger partial charge in [-0.3, -0.25) is 9.59 Å². The van der Waals surface area contributed by atoms with E-state index in [1.54, 1.807) is 11.0 Å². The fraction of sp³-hybridized carbons (Fsp3) is 0.579. The summed E-state index contributed by atoms with van der Waals surface area (Å²) in [6.07, 6.45) is -1.31. The topological polar surface area (TPSA) is 57.6 Å². The molecule has 26 heavy (non-hydrogen) atoms. The monoisotopic (exact) mass is 367 g/mol. The number of hydrogen-bond acceptors (Lipinski definition) is 2. The number of amides is 1. The van der Waals surface area contributed by atoms with Gasteiger partial charge in [-0.1, -0.05) is 18.2 Å². The second-order valence-corrected chi connectivity index (χ2v) is 7.91. The number of aliphatic carboxylic acids is 1. The third-order valence-electron chi connectivity index (χ3n) is 6.44. The van der Waals surface area contributed by atoms with Gasteiger partial charge in [-0.2, -0.15) is 13.2 Å². The molecule has 7 heteroatoms. The van der Waals surface area contributed by atoms with Crippen molar-refractivity contribution in [2.45, 2.75) is 43.7 Å². The maximum atomic E-state index is 13.0. The first kappa shape index (κ1) is 17.4. The van der Waals surface area contributed by atoms with Crippen LogP contribution in [-0.2, 0) is 21.2 Å². The summed E-state index contributed by atoms with van der Waals surface area (Å²) in [4.78, 5) is 25.9. The number of nitrogens with zero attached hydrogens (tertiary/aromatic N) is 1. The highest BCUT2D eigenvalue weighted by Crippen LogP contribution is 2.60. The first-order valence-electron chi connectivity index (χ1n) is 8.88. The molecule has 3 fully saturated rings. The minimum Gasteiger partial charge on any atom is -0.481 e. The van der Waals surface area contributed by atoms with E-state index in [1.165, 1.54) is 6.07 Å². The van der Waals surface area contributed by atoms with Gasteiger partial charge in [0.15, 0.2) is 0 Å². The smallest absolute Gasteiger partial charge is 0.416 e. The Bertz CT molecular complexity index is 762. The van der Waals surface area contributed by atoms with Crippen LogP contribution in [0.15, 0.2) is 24.3 Å². The Morgan fingerprint density at radius 1 is 1.12 bits per heavy atom. The van der Waals surface area contributed by atoms with Crippen LogP contribution in [0.1, 0.15) is 43.2 Å². The van der Waals surface area contributed by atoms with Crippen LogP contribution in [0.25, 0.3) is 0 Å². The summed E-state index contributed by atoms with van der Waals surface area (Å²) in [5.41, 5.74) is -1.29. The second kappa shape index (κ2) is 5.47. The first-order valence-corrected chi connectivity index (χ1v) is 8.88. The van der Waals surface area contributed by atoms with Gasteiger partial charge in [-0.15, -0.1) is 0 Å². The molecular formula is C19H20F3NO3. The van der Waals surface area contributed by atoms with Crippen LogP contribution in [0.5, 0.6) is 0 Å². The van der Waals surface area contributed by atoms with Crippen molar-refractivity contribution in [1.29, 1.82) is 0 Å². The molecule has 2 saturated carbocycles. The van der Waals surface area contributed by atoms with Crippen molar-refractivity contribution in [2.75, 3.05) is 13.1 Å². The van der Waals surface area contributed by atoms with E-state index >= 15 is 0 Å². The Hall–Kier alpha value is -2.05. The minimum absolute atomic E-state index is 0.112. The Balaban J connectivity index is 1.48. The highest BCUT2D eigenvalue weighted by Gasteiger charge is 2.60. The fourth-order valence-corrected chi connectivity index (χ4v) is 4.45. The second-order valence-electron chi connectivity index (χ2n) is 7.91. The molecule has 1 atom stereocenters. The lowest BCUT2D eigenvalue weighted by molar-refractivity contribution is -0.140. The highest BCUT2D eigenvalue weighted by molar-refractivity contribution is 5.91. The van der Waals surface area contributed by atoms with Crippen LogP contribution in [0.2, 0.25) is 0 Å². The highest BCUT2D eigenvalue weighted by atomic mass is 19.4. The van der Waals surface area contributed by atoms with Crippen LogP contribution in [0.4, 0.5) is 13.2 Å². The van der Waals surface area contributed by atoms with E-state index in [2.05, 4.69) is 0 Å². The average Bonchev–Trinajstić information content (AvgIpc) is 3.50. The van der Waals surface area contributed by atoms with Gasteiger partial charge < -0.3 is 10.0 Å². The Kier molecular flexibility index (Phi) is 3.66. The van der Waals surface area contributed by atoms with Gasteiger partial charge in [0, 0.05) is 13.1 Å². The van der Waals surface area contributed by atoms with E-state index in [-0.39, 0.29) is 17.2 Å². The van der Waals surface area contributed by atoms with Crippen LogP contribution in [0, 0.1) is 11.3 Å². The molecule has 1 aromatic rings. The Labute approximate surface area is 149 Å². The number of halogens is 3. The summed E-state index contributed by atoms with van der Waals surface area (Å²) in [6.45, 7) is 0.979. The predicted molar refractivity (Wildman–Crippen MR) is 86.3 cm³/mol. The average molecular weight is 367 g/mol. The number of alkyl halides is 3. The number of carboxylic acid groups (broad SMARTS) is 1. The van der Waals surface area contributed by atoms with Gasteiger partial charge in [-0.25, -0.2) is 0 Å². The molecular weight excluding hydrogens is 347 g/mol. The SMILES string of the molecule is O=C(O)C1CC12CCN(C(=O)C1(c3cccc(C(F)(F)F)c3)CC1)CC2. The van der Waals surface area contributed by atoms with Crippen LogP contribution in [-0.4, -0.2) is 35.0 Å². The summed E-state index contributed by atoms with van der Waals surface area (Å²) in [5.74, 6) is -1.19. The molecule has 0 bridgehead atoms. The molecule has 1 amide bonds. The lowest BCUT2D eigenvalue weighted by Crippen LogP contribution is -2.45. The first-order chi connectivity index (χ1) is 12.2. The third kappa shape index (κ3) is 2.68. The molecule has 3 aliphatic rings. The molecule has 4 rings (SSSR count). The number of carbonyl (C=O) groups is 2. The molecule has 1 heterocycles. The van der Waals surface area contributed by atoms with Gasteiger partial charge in [0.2, 0.25) is 5.91 Å². The summed E-state index contributed by atoms with van der Waals surface area (Å²) in [6, 6.07) is 5.08. The molecule has 2 aliphatic carbocycles. The van der Waals surface area contributed by atoms with Gasteiger partial charge in [0.05, 0.1) is 16.9 Å². The normalized spacial score (nSPS) is 25.8.